The van der Waals surface area contributed by atoms with Gasteiger partial charge in [0.1, 0.15) is 11.6 Å². The molecule has 5 nitrogen and oxygen atoms in total. The summed E-state index contributed by atoms with van der Waals surface area (Å²) >= 11 is 0. The van der Waals surface area contributed by atoms with Gasteiger partial charge < -0.3 is 10.1 Å². The molecule has 0 aliphatic heterocycles. The molecule has 1 aromatic heterocycles. The number of esters is 1. The molecule has 0 saturated carbocycles. The molecule has 1 atom stereocenters. The number of ether oxygens (including phenoxy) is 1. The summed E-state index contributed by atoms with van der Waals surface area (Å²) in [5.41, 5.74) is 0.519. The minimum Gasteiger partial charge on any atom is -0.463 e. The van der Waals surface area contributed by atoms with Crippen LogP contribution in [0, 0.1) is 5.82 Å². The number of carbonyl (C=O) groups excluding carboxylic acids is 1. The van der Waals surface area contributed by atoms with Crippen molar-refractivity contribution >= 4 is 11.8 Å². The Morgan fingerprint density at radius 3 is 2.80 bits per heavy atom. The highest BCUT2D eigenvalue weighted by Crippen LogP contribution is 2.20. The number of hydrogen-bond donors (Lipinski definition) is 1. The lowest BCUT2D eigenvalue weighted by atomic mass is 10.1. The minimum atomic E-state index is -0.618. The van der Waals surface area contributed by atoms with E-state index in [0.29, 0.717) is 11.4 Å². The Morgan fingerprint density at radius 2 is 2.10 bits per heavy atom. The normalized spacial score (nSPS) is 11.8. The second-order valence-electron chi connectivity index (χ2n) is 4.14. The van der Waals surface area contributed by atoms with Crippen LogP contribution >= 0.6 is 0 Å². The molecule has 2 aromatic rings. The van der Waals surface area contributed by atoms with Crippen molar-refractivity contribution in [2.75, 3.05) is 12.4 Å². The summed E-state index contributed by atoms with van der Waals surface area (Å²) in [5, 5.41) is 3.02. The molecule has 0 radical (unpaired) electrons. The fraction of sp³-hybridized carbons (Fsp3) is 0.214. The van der Waals surface area contributed by atoms with Gasteiger partial charge in [0.05, 0.1) is 13.2 Å². The Balaban J connectivity index is 2.18. The Kier molecular flexibility index (Phi) is 4.24. The quantitative estimate of drug-likeness (QED) is 0.869. The second-order valence-corrected chi connectivity index (χ2v) is 4.14. The van der Waals surface area contributed by atoms with E-state index in [2.05, 4.69) is 20.0 Å². The first-order chi connectivity index (χ1) is 9.61. The van der Waals surface area contributed by atoms with Crippen LogP contribution in [0.5, 0.6) is 0 Å². The van der Waals surface area contributed by atoms with E-state index in [1.807, 2.05) is 0 Å². The third-order valence-corrected chi connectivity index (χ3v) is 2.76. The van der Waals surface area contributed by atoms with Crippen LogP contribution in [0.3, 0.4) is 0 Å². The molecule has 20 heavy (non-hydrogen) atoms. The topological polar surface area (TPSA) is 64.1 Å². The van der Waals surface area contributed by atoms with Crippen molar-refractivity contribution in [2.24, 2.45) is 0 Å². The monoisotopic (exact) mass is 275 g/mol. The maximum atomic E-state index is 13.7. The summed E-state index contributed by atoms with van der Waals surface area (Å²) in [5.74, 6) is -0.531. The van der Waals surface area contributed by atoms with Gasteiger partial charge in [-0.2, -0.15) is 0 Å². The van der Waals surface area contributed by atoms with Crippen LogP contribution in [0.15, 0.2) is 36.5 Å². The van der Waals surface area contributed by atoms with Gasteiger partial charge in [-0.25, -0.2) is 19.2 Å². The third kappa shape index (κ3) is 3.09. The molecule has 0 amide bonds. The number of anilines is 1. The fourth-order valence-electron chi connectivity index (χ4n) is 1.75. The summed E-state index contributed by atoms with van der Waals surface area (Å²) in [6, 6.07) is 7.78. The molecule has 1 unspecified atom stereocenters. The van der Waals surface area contributed by atoms with Gasteiger partial charge >= 0.3 is 5.97 Å². The zero-order valence-electron chi connectivity index (χ0n) is 11.1. The van der Waals surface area contributed by atoms with Crippen molar-refractivity contribution in [3.05, 3.63) is 53.7 Å². The first-order valence-corrected chi connectivity index (χ1v) is 6.04. The predicted molar refractivity (Wildman–Crippen MR) is 71.8 cm³/mol. The largest absolute Gasteiger partial charge is 0.463 e. The zero-order valence-corrected chi connectivity index (χ0v) is 11.1. The number of benzene rings is 1. The van der Waals surface area contributed by atoms with Crippen LogP contribution < -0.4 is 5.32 Å². The summed E-state index contributed by atoms with van der Waals surface area (Å²) < 4.78 is 18.2. The van der Waals surface area contributed by atoms with E-state index in [1.165, 1.54) is 19.4 Å². The Bertz CT molecular complexity index is 619. The highest BCUT2D eigenvalue weighted by atomic mass is 19.1. The van der Waals surface area contributed by atoms with Crippen LogP contribution in [0.4, 0.5) is 10.2 Å². The molecule has 0 fully saturated rings. The SMILES string of the molecule is COC(=O)c1nccc(NC(C)c2ccccc2F)n1. The molecule has 0 saturated heterocycles. The predicted octanol–water partition coefficient (Wildman–Crippen LogP) is 2.58. The first-order valence-electron chi connectivity index (χ1n) is 6.04. The fourth-order valence-corrected chi connectivity index (χ4v) is 1.75. The number of methoxy groups -OCH3 is 1. The molecule has 2 rings (SSSR count). The highest BCUT2D eigenvalue weighted by molar-refractivity contribution is 5.85. The smallest absolute Gasteiger partial charge is 0.376 e. The van der Waals surface area contributed by atoms with Crippen LogP contribution in [-0.4, -0.2) is 23.0 Å². The van der Waals surface area contributed by atoms with E-state index in [0.717, 1.165) is 0 Å². The van der Waals surface area contributed by atoms with Crippen molar-refractivity contribution in [1.82, 2.24) is 9.97 Å². The van der Waals surface area contributed by atoms with Crippen molar-refractivity contribution in [1.29, 1.82) is 0 Å². The summed E-state index contributed by atoms with van der Waals surface area (Å²) in [6.07, 6.45) is 1.44. The van der Waals surface area contributed by atoms with Crippen molar-refractivity contribution in [2.45, 2.75) is 13.0 Å². The average molecular weight is 275 g/mol. The van der Waals surface area contributed by atoms with Gasteiger partial charge in [-0.3, -0.25) is 0 Å². The number of nitrogens with zero attached hydrogens (tertiary/aromatic N) is 2. The van der Waals surface area contributed by atoms with Gasteiger partial charge in [0.15, 0.2) is 0 Å². The number of hydrogen-bond acceptors (Lipinski definition) is 5. The standard InChI is InChI=1S/C14H14FN3O2/c1-9(10-5-3-4-6-11(10)15)17-12-7-8-16-13(18-12)14(19)20-2/h3-9H,1-2H3,(H,16,17,18). The second kappa shape index (κ2) is 6.10. The van der Waals surface area contributed by atoms with Crippen LogP contribution in [0.25, 0.3) is 0 Å². The van der Waals surface area contributed by atoms with E-state index < -0.39 is 5.97 Å². The maximum Gasteiger partial charge on any atom is 0.376 e. The molecule has 0 aliphatic carbocycles. The van der Waals surface area contributed by atoms with Gasteiger partial charge in [0, 0.05) is 11.8 Å². The van der Waals surface area contributed by atoms with Crippen molar-refractivity contribution in [3.63, 3.8) is 0 Å². The molecule has 1 heterocycles. The third-order valence-electron chi connectivity index (χ3n) is 2.76. The molecule has 0 spiro atoms. The van der Waals surface area contributed by atoms with Gasteiger partial charge in [0.2, 0.25) is 5.82 Å². The van der Waals surface area contributed by atoms with E-state index in [9.17, 15) is 9.18 Å². The molecule has 6 heteroatoms. The lowest BCUT2D eigenvalue weighted by molar-refractivity contribution is 0.0587. The molecule has 104 valence electrons. The van der Waals surface area contributed by atoms with Gasteiger partial charge in [-0.05, 0) is 19.1 Å². The summed E-state index contributed by atoms with van der Waals surface area (Å²) in [7, 11) is 1.26. The molecule has 1 aromatic carbocycles. The average Bonchev–Trinajstić information content (AvgIpc) is 2.47. The van der Waals surface area contributed by atoms with Crippen LogP contribution in [-0.2, 0) is 4.74 Å². The summed E-state index contributed by atoms with van der Waals surface area (Å²) in [6.45, 7) is 1.80. The zero-order chi connectivity index (χ0) is 14.5. The summed E-state index contributed by atoms with van der Waals surface area (Å²) in [4.78, 5) is 19.2. The Hall–Kier alpha value is -2.50. The first kappa shape index (κ1) is 13.9. The minimum absolute atomic E-state index is 0.0433. The van der Waals surface area contributed by atoms with Crippen molar-refractivity contribution < 1.29 is 13.9 Å². The number of aromatic nitrogens is 2. The maximum absolute atomic E-state index is 13.7. The van der Waals surface area contributed by atoms with E-state index in [-0.39, 0.29) is 17.7 Å². The van der Waals surface area contributed by atoms with Gasteiger partial charge in [0.25, 0.3) is 0 Å². The van der Waals surface area contributed by atoms with E-state index in [4.69, 9.17) is 0 Å². The Morgan fingerprint density at radius 1 is 1.35 bits per heavy atom. The molecule has 0 aliphatic rings. The van der Waals surface area contributed by atoms with Gasteiger partial charge in [-0.15, -0.1) is 0 Å². The lowest BCUT2D eigenvalue weighted by Crippen LogP contribution is -2.13. The number of rotatable bonds is 4. The number of carbonyl (C=O) groups is 1. The number of nitrogens with one attached hydrogen (secondary N) is 1. The van der Waals surface area contributed by atoms with Crippen LogP contribution in [0.1, 0.15) is 29.1 Å². The highest BCUT2D eigenvalue weighted by Gasteiger charge is 2.13. The van der Waals surface area contributed by atoms with Crippen LogP contribution in [0.2, 0.25) is 0 Å². The molecule has 1 N–H and O–H groups in total. The molecule has 0 bridgehead atoms. The molecular weight excluding hydrogens is 261 g/mol. The van der Waals surface area contributed by atoms with E-state index >= 15 is 0 Å². The Labute approximate surface area is 115 Å². The molecular formula is C14H14FN3O2. The lowest BCUT2D eigenvalue weighted by Gasteiger charge is -2.15. The van der Waals surface area contributed by atoms with Gasteiger partial charge in [-0.1, -0.05) is 18.2 Å². The number of halogens is 1. The van der Waals surface area contributed by atoms with Crippen molar-refractivity contribution in [3.8, 4) is 0 Å². The van der Waals surface area contributed by atoms with E-state index in [1.54, 1.807) is 31.2 Å².